The van der Waals surface area contributed by atoms with E-state index >= 15 is 0 Å². The molecule has 2 rings (SSSR count). The maximum atomic E-state index is 12.5. The van der Waals surface area contributed by atoms with Crippen molar-refractivity contribution >= 4 is 47.4 Å². The van der Waals surface area contributed by atoms with Gasteiger partial charge in [0.15, 0.2) is 5.96 Å². The Labute approximate surface area is 178 Å². The lowest BCUT2D eigenvalue weighted by molar-refractivity contribution is -0.121. The minimum absolute atomic E-state index is 0. The number of halogens is 1. The van der Waals surface area contributed by atoms with Gasteiger partial charge in [-0.3, -0.25) is 9.59 Å². The van der Waals surface area contributed by atoms with Crippen LogP contribution in [0.15, 0.2) is 29.3 Å². The molecular weight excluding hydrogens is 457 g/mol. The second-order valence-corrected chi connectivity index (χ2v) is 7.27. The summed E-state index contributed by atoms with van der Waals surface area (Å²) in [5.74, 6) is 0.284. The fraction of sp³-hybridized carbons (Fsp3) is 0.526. The molecule has 1 aliphatic heterocycles. The van der Waals surface area contributed by atoms with Gasteiger partial charge in [-0.1, -0.05) is 18.2 Å². The van der Waals surface area contributed by atoms with E-state index in [2.05, 4.69) is 27.0 Å². The molecular formula is C19H30IN5O2. The molecule has 7 nitrogen and oxygen atoms in total. The van der Waals surface area contributed by atoms with Gasteiger partial charge in [-0.25, -0.2) is 4.99 Å². The van der Waals surface area contributed by atoms with Crippen LogP contribution in [0.5, 0.6) is 0 Å². The average Bonchev–Trinajstić information content (AvgIpc) is 2.99. The van der Waals surface area contributed by atoms with Crippen molar-refractivity contribution in [3.63, 3.8) is 0 Å². The molecule has 1 aromatic carbocycles. The molecule has 0 spiro atoms. The van der Waals surface area contributed by atoms with Crippen molar-refractivity contribution in [2.75, 3.05) is 31.1 Å². The zero-order valence-corrected chi connectivity index (χ0v) is 18.8. The monoisotopic (exact) mass is 487 g/mol. The van der Waals surface area contributed by atoms with E-state index in [0.717, 1.165) is 12.1 Å². The zero-order chi connectivity index (χ0) is 19.2. The lowest BCUT2D eigenvalue weighted by Gasteiger charge is -2.20. The van der Waals surface area contributed by atoms with Crippen molar-refractivity contribution in [3.05, 3.63) is 29.8 Å². The van der Waals surface area contributed by atoms with E-state index in [1.165, 1.54) is 5.56 Å². The molecule has 150 valence electrons. The minimum atomic E-state index is -0.294. The summed E-state index contributed by atoms with van der Waals surface area (Å²) in [6.07, 6.45) is 0.878. The summed E-state index contributed by atoms with van der Waals surface area (Å²) < 4.78 is 0. The summed E-state index contributed by atoms with van der Waals surface area (Å²) in [6.45, 7) is 9.17. The highest BCUT2D eigenvalue weighted by Crippen LogP contribution is 2.27. The molecule has 0 aliphatic carbocycles. The summed E-state index contributed by atoms with van der Waals surface area (Å²) >= 11 is 0. The Bertz CT molecular complexity index is 685. The van der Waals surface area contributed by atoms with E-state index < -0.39 is 0 Å². The molecule has 1 aliphatic rings. The number of fused-ring (bicyclic) bond motifs is 1. The Morgan fingerprint density at radius 1 is 1.19 bits per heavy atom. The number of benzene rings is 1. The summed E-state index contributed by atoms with van der Waals surface area (Å²) in [4.78, 5) is 30.5. The van der Waals surface area contributed by atoms with Crippen LogP contribution in [-0.2, 0) is 16.0 Å². The summed E-state index contributed by atoms with van der Waals surface area (Å²) in [7, 11) is 0. The van der Waals surface area contributed by atoms with Crippen LogP contribution in [-0.4, -0.2) is 49.5 Å². The molecule has 0 unspecified atom stereocenters. The van der Waals surface area contributed by atoms with Gasteiger partial charge in [-0.15, -0.1) is 24.0 Å². The van der Waals surface area contributed by atoms with Crippen LogP contribution in [0.1, 0.15) is 33.3 Å². The zero-order valence-electron chi connectivity index (χ0n) is 16.5. The van der Waals surface area contributed by atoms with Gasteiger partial charge >= 0.3 is 0 Å². The predicted molar refractivity (Wildman–Crippen MR) is 120 cm³/mol. The Morgan fingerprint density at radius 2 is 1.89 bits per heavy atom. The Kier molecular flexibility index (Phi) is 9.01. The number of para-hydroxylation sites is 1. The molecule has 0 radical (unpaired) electrons. The number of hydrogen-bond donors (Lipinski definition) is 3. The van der Waals surface area contributed by atoms with Crippen LogP contribution in [0, 0.1) is 0 Å². The minimum Gasteiger partial charge on any atom is -0.357 e. The molecule has 0 saturated carbocycles. The molecule has 0 saturated heterocycles. The van der Waals surface area contributed by atoms with E-state index in [4.69, 9.17) is 0 Å². The smallest absolute Gasteiger partial charge is 0.246 e. The van der Waals surface area contributed by atoms with E-state index in [-0.39, 0.29) is 54.4 Å². The lowest BCUT2D eigenvalue weighted by Crippen LogP contribution is -2.45. The first-order chi connectivity index (χ1) is 12.3. The molecule has 0 fully saturated rings. The number of hydrogen-bond acceptors (Lipinski definition) is 3. The van der Waals surface area contributed by atoms with Crippen LogP contribution >= 0.6 is 24.0 Å². The van der Waals surface area contributed by atoms with Gasteiger partial charge in [0.2, 0.25) is 11.8 Å². The maximum absolute atomic E-state index is 12.5. The maximum Gasteiger partial charge on any atom is 0.246 e. The van der Waals surface area contributed by atoms with Crippen molar-refractivity contribution in [2.24, 2.45) is 4.99 Å². The molecule has 27 heavy (non-hydrogen) atoms. The largest absolute Gasteiger partial charge is 0.357 e. The van der Waals surface area contributed by atoms with Crippen molar-refractivity contribution in [2.45, 2.75) is 39.7 Å². The summed E-state index contributed by atoms with van der Waals surface area (Å²) in [6, 6.07) is 7.95. The second-order valence-electron chi connectivity index (χ2n) is 7.27. The highest BCUT2D eigenvalue weighted by atomic mass is 127. The van der Waals surface area contributed by atoms with Gasteiger partial charge < -0.3 is 20.9 Å². The molecule has 1 aromatic rings. The fourth-order valence-electron chi connectivity index (χ4n) is 2.80. The summed E-state index contributed by atoms with van der Waals surface area (Å²) in [5, 5.41) is 8.93. The standard InChI is InChI=1S/C19H29N5O2.HI/c1-5-20-18(21-12-16(25)23-19(2,3)4)22-13-17(26)24-11-10-14-8-6-7-9-15(14)24;/h6-9H,5,10-13H2,1-4H3,(H,23,25)(H2,20,21,22);1H. The van der Waals surface area contributed by atoms with Crippen molar-refractivity contribution in [1.29, 1.82) is 0 Å². The van der Waals surface area contributed by atoms with Crippen molar-refractivity contribution in [3.8, 4) is 0 Å². The quantitative estimate of drug-likeness (QED) is 0.335. The third-order valence-corrected chi connectivity index (χ3v) is 3.83. The van der Waals surface area contributed by atoms with Crippen LogP contribution in [0.2, 0.25) is 0 Å². The number of carbonyl (C=O) groups is 2. The Morgan fingerprint density at radius 3 is 2.56 bits per heavy atom. The van der Waals surface area contributed by atoms with E-state index in [1.54, 1.807) is 4.90 Å². The first-order valence-corrected chi connectivity index (χ1v) is 9.01. The van der Waals surface area contributed by atoms with Gasteiger partial charge in [0, 0.05) is 24.3 Å². The highest BCUT2D eigenvalue weighted by molar-refractivity contribution is 14.0. The fourth-order valence-corrected chi connectivity index (χ4v) is 2.80. The molecule has 0 aromatic heterocycles. The van der Waals surface area contributed by atoms with Crippen LogP contribution in [0.4, 0.5) is 5.69 Å². The number of aliphatic imine (C=N–C) groups is 1. The van der Waals surface area contributed by atoms with E-state index in [9.17, 15) is 9.59 Å². The second kappa shape index (κ2) is 10.5. The molecule has 3 N–H and O–H groups in total. The first kappa shape index (κ1) is 23.2. The predicted octanol–water partition coefficient (Wildman–Crippen LogP) is 1.66. The molecule has 1 heterocycles. The first-order valence-electron chi connectivity index (χ1n) is 9.01. The number of amides is 2. The Balaban J connectivity index is 0.00000364. The van der Waals surface area contributed by atoms with Crippen LogP contribution in [0.3, 0.4) is 0 Å². The summed E-state index contributed by atoms with van der Waals surface area (Å²) in [5.41, 5.74) is 1.88. The van der Waals surface area contributed by atoms with Gasteiger partial charge in [-0.2, -0.15) is 0 Å². The number of nitrogens with one attached hydrogen (secondary N) is 3. The number of carbonyl (C=O) groups excluding carboxylic acids is 2. The van der Waals surface area contributed by atoms with Crippen molar-refractivity contribution in [1.82, 2.24) is 16.0 Å². The average molecular weight is 487 g/mol. The van der Waals surface area contributed by atoms with Crippen LogP contribution in [0.25, 0.3) is 0 Å². The van der Waals surface area contributed by atoms with Gasteiger partial charge in [0.25, 0.3) is 0 Å². The number of guanidine groups is 1. The van der Waals surface area contributed by atoms with Gasteiger partial charge in [-0.05, 0) is 45.7 Å². The third-order valence-electron chi connectivity index (χ3n) is 3.83. The topological polar surface area (TPSA) is 85.8 Å². The van der Waals surface area contributed by atoms with E-state index in [0.29, 0.717) is 19.0 Å². The molecule has 0 bridgehead atoms. The SMILES string of the molecule is CCNC(=NCC(=O)NC(C)(C)C)NCC(=O)N1CCc2ccccc21.I. The number of anilines is 1. The number of rotatable bonds is 5. The molecule has 8 heteroatoms. The number of nitrogens with zero attached hydrogens (tertiary/aromatic N) is 2. The van der Waals surface area contributed by atoms with Gasteiger partial charge in [0.1, 0.15) is 6.54 Å². The molecule has 2 amide bonds. The third kappa shape index (κ3) is 7.36. The van der Waals surface area contributed by atoms with Gasteiger partial charge in [0.05, 0.1) is 6.54 Å². The van der Waals surface area contributed by atoms with Crippen molar-refractivity contribution < 1.29 is 9.59 Å². The van der Waals surface area contributed by atoms with Crippen LogP contribution < -0.4 is 20.9 Å². The highest BCUT2D eigenvalue weighted by Gasteiger charge is 2.23. The van der Waals surface area contributed by atoms with E-state index in [1.807, 2.05) is 45.9 Å². The Hall–Kier alpha value is -1.84. The molecule has 0 atom stereocenters. The lowest BCUT2D eigenvalue weighted by atomic mass is 10.1. The normalized spacial score (nSPS) is 13.5.